The number of hydrogen-bond acceptors (Lipinski definition) is 7. The number of anilines is 3. The molecule has 4 rings (SSSR count). The molecule has 8 heteroatoms. The van der Waals surface area contributed by atoms with E-state index in [-0.39, 0.29) is 11.9 Å². The predicted molar refractivity (Wildman–Crippen MR) is 109 cm³/mol. The maximum Gasteiger partial charge on any atom is 0.226 e. The number of carbonyl (C=O) groups excluding carboxylic acids is 1. The van der Waals surface area contributed by atoms with Crippen molar-refractivity contribution in [3.8, 4) is 0 Å². The monoisotopic (exact) mass is 377 g/mol. The van der Waals surface area contributed by atoms with Crippen molar-refractivity contribution >= 4 is 34.4 Å². The number of nitrogens with one attached hydrogen (secondary N) is 2. The highest BCUT2D eigenvalue weighted by molar-refractivity contribution is 5.87. The Morgan fingerprint density at radius 3 is 2.75 bits per heavy atom. The summed E-state index contributed by atoms with van der Waals surface area (Å²) >= 11 is 0. The topological polar surface area (TPSA) is 95.9 Å². The highest BCUT2D eigenvalue weighted by atomic mass is 16.1. The SMILES string of the molecule is CC(=O)NC1CCN(c2ncc3ncnc(Nc4cccc(C)c4)c3n2)CC1. The van der Waals surface area contributed by atoms with E-state index < -0.39 is 0 Å². The van der Waals surface area contributed by atoms with Crippen molar-refractivity contribution in [3.63, 3.8) is 0 Å². The lowest BCUT2D eigenvalue weighted by molar-refractivity contribution is -0.119. The van der Waals surface area contributed by atoms with Crippen molar-refractivity contribution in [1.82, 2.24) is 25.3 Å². The summed E-state index contributed by atoms with van der Waals surface area (Å²) in [6.07, 6.45) is 5.00. The average molecular weight is 377 g/mol. The Morgan fingerprint density at radius 1 is 1.18 bits per heavy atom. The van der Waals surface area contributed by atoms with Gasteiger partial charge in [0.1, 0.15) is 17.4 Å². The van der Waals surface area contributed by atoms with E-state index in [0.717, 1.165) is 31.6 Å². The second-order valence-electron chi connectivity index (χ2n) is 7.08. The number of piperidine rings is 1. The number of aromatic nitrogens is 4. The van der Waals surface area contributed by atoms with Gasteiger partial charge in [-0.3, -0.25) is 4.79 Å². The Morgan fingerprint density at radius 2 is 2.00 bits per heavy atom. The minimum Gasteiger partial charge on any atom is -0.353 e. The molecule has 28 heavy (non-hydrogen) atoms. The maximum atomic E-state index is 11.2. The highest BCUT2D eigenvalue weighted by Gasteiger charge is 2.22. The van der Waals surface area contributed by atoms with Crippen LogP contribution in [-0.4, -0.2) is 45.0 Å². The number of hydrogen-bond donors (Lipinski definition) is 2. The lowest BCUT2D eigenvalue weighted by atomic mass is 10.1. The highest BCUT2D eigenvalue weighted by Crippen LogP contribution is 2.24. The fraction of sp³-hybridized carbons (Fsp3) is 0.350. The Balaban J connectivity index is 1.57. The van der Waals surface area contributed by atoms with Crippen molar-refractivity contribution < 1.29 is 4.79 Å². The molecule has 0 radical (unpaired) electrons. The van der Waals surface area contributed by atoms with Crippen molar-refractivity contribution in [2.75, 3.05) is 23.3 Å². The molecule has 0 bridgehead atoms. The van der Waals surface area contributed by atoms with Gasteiger partial charge >= 0.3 is 0 Å². The zero-order valence-corrected chi connectivity index (χ0v) is 16.0. The van der Waals surface area contributed by atoms with Gasteiger partial charge in [-0.15, -0.1) is 0 Å². The van der Waals surface area contributed by atoms with E-state index in [1.54, 1.807) is 13.1 Å². The molecule has 144 valence electrons. The molecular weight excluding hydrogens is 354 g/mol. The summed E-state index contributed by atoms with van der Waals surface area (Å²) in [5.74, 6) is 1.34. The molecule has 3 heterocycles. The van der Waals surface area contributed by atoms with Crippen molar-refractivity contribution in [2.24, 2.45) is 0 Å². The molecule has 0 atom stereocenters. The number of carbonyl (C=O) groups is 1. The summed E-state index contributed by atoms with van der Waals surface area (Å²) in [5.41, 5.74) is 3.51. The van der Waals surface area contributed by atoms with Gasteiger partial charge in [-0.05, 0) is 37.5 Å². The number of benzene rings is 1. The van der Waals surface area contributed by atoms with Crippen LogP contribution in [0, 0.1) is 6.92 Å². The largest absolute Gasteiger partial charge is 0.353 e. The maximum absolute atomic E-state index is 11.2. The number of amides is 1. The van der Waals surface area contributed by atoms with E-state index >= 15 is 0 Å². The first kappa shape index (κ1) is 18.1. The minimum atomic E-state index is 0.0180. The van der Waals surface area contributed by atoms with Gasteiger partial charge in [0.05, 0.1) is 6.20 Å². The number of fused-ring (bicyclic) bond motifs is 1. The Kier molecular flexibility index (Phi) is 5.01. The van der Waals surface area contributed by atoms with Crippen LogP contribution < -0.4 is 15.5 Å². The molecule has 2 N–H and O–H groups in total. The zero-order valence-electron chi connectivity index (χ0n) is 16.0. The summed E-state index contributed by atoms with van der Waals surface area (Å²) in [6, 6.07) is 8.32. The van der Waals surface area contributed by atoms with Crippen LogP contribution in [0.1, 0.15) is 25.3 Å². The fourth-order valence-corrected chi connectivity index (χ4v) is 3.46. The summed E-state index contributed by atoms with van der Waals surface area (Å²) < 4.78 is 0. The standard InChI is InChI=1S/C20H23N7O/c1-13-4-3-5-16(10-13)25-19-18-17(22-12-23-19)11-21-20(26-18)27-8-6-15(7-9-27)24-14(2)28/h3-5,10-12,15H,6-9H2,1-2H3,(H,24,28)(H,22,23,25). The summed E-state index contributed by atoms with van der Waals surface area (Å²) in [5, 5.41) is 6.33. The van der Waals surface area contributed by atoms with E-state index in [0.29, 0.717) is 22.8 Å². The van der Waals surface area contributed by atoms with Crippen LogP contribution in [0.2, 0.25) is 0 Å². The molecule has 2 aromatic heterocycles. The van der Waals surface area contributed by atoms with Crippen LogP contribution in [0.15, 0.2) is 36.8 Å². The van der Waals surface area contributed by atoms with E-state index in [1.807, 2.05) is 25.1 Å². The molecule has 0 unspecified atom stereocenters. The third kappa shape index (κ3) is 4.00. The summed E-state index contributed by atoms with van der Waals surface area (Å²) in [7, 11) is 0. The molecule has 1 fully saturated rings. The molecule has 1 aromatic carbocycles. The lowest BCUT2D eigenvalue weighted by Gasteiger charge is -2.32. The van der Waals surface area contributed by atoms with Crippen LogP contribution in [0.4, 0.5) is 17.5 Å². The molecule has 1 aliphatic rings. The molecule has 1 amide bonds. The molecule has 8 nitrogen and oxygen atoms in total. The second kappa shape index (κ2) is 7.75. The summed E-state index contributed by atoms with van der Waals surface area (Å²) in [4.78, 5) is 31.3. The van der Waals surface area contributed by atoms with E-state index in [9.17, 15) is 4.79 Å². The first-order chi connectivity index (χ1) is 13.6. The second-order valence-corrected chi connectivity index (χ2v) is 7.08. The van der Waals surface area contributed by atoms with Crippen LogP contribution in [-0.2, 0) is 4.79 Å². The van der Waals surface area contributed by atoms with Crippen LogP contribution in [0.5, 0.6) is 0 Å². The Bertz CT molecular complexity index is 999. The van der Waals surface area contributed by atoms with Gasteiger partial charge in [-0.25, -0.2) is 19.9 Å². The predicted octanol–water partition coefficient (Wildman–Crippen LogP) is 2.58. The van der Waals surface area contributed by atoms with Crippen LogP contribution in [0.3, 0.4) is 0 Å². The van der Waals surface area contributed by atoms with Gasteiger partial charge in [0.15, 0.2) is 5.82 Å². The normalized spacial score (nSPS) is 14.9. The molecule has 3 aromatic rings. The third-order valence-corrected chi connectivity index (χ3v) is 4.83. The first-order valence-electron chi connectivity index (χ1n) is 9.42. The zero-order chi connectivity index (χ0) is 19.5. The van der Waals surface area contributed by atoms with Crippen molar-refractivity contribution in [3.05, 3.63) is 42.4 Å². The van der Waals surface area contributed by atoms with Crippen molar-refractivity contribution in [2.45, 2.75) is 32.7 Å². The number of rotatable bonds is 4. The molecule has 0 saturated carbocycles. The minimum absolute atomic E-state index is 0.0180. The molecule has 0 spiro atoms. The quantitative estimate of drug-likeness (QED) is 0.721. The van der Waals surface area contributed by atoms with Gasteiger partial charge in [-0.1, -0.05) is 12.1 Å². The molecular formula is C20H23N7O. The molecule has 0 aliphatic carbocycles. The average Bonchev–Trinajstić information content (AvgIpc) is 2.68. The summed E-state index contributed by atoms with van der Waals surface area (Å²) in [6.45, 7) is 5.20. The first-order valence-corrected chi connectivity index (χ1v) is 9.42. The Hall–Kier alpha value is -3.29. The van der Waals surface area contributed by atoms with Gasteiger partial charge in [0.25, 0.3) is 0 Å². The Labute approximate surface area is 163 Å². The fourth-order valence-electron chi connectivity index (χ4n) is 3.46. The lowest BCUT2D eigenvalue weighted by Crippen LogP contribution is -2.44. The molecule has 1 saturated heterocycles. The van der Waals surface area contributed by atoms with Gasteiger partial charge in [-0.2, -0.15) is 0 Å². The number of nitrogens with zero attached hydrogens (tertiary/aromatic N) is 5. The van der Waals surface area contributed by atoms with E-state index in [4.69, 9.17) is 4.98 Å². The van der Waals surface area contributed by atoms with Gasteiger partial charge < -0.3 is 15.5 Å². The van der Waals surface area contributed by atoms with E-state index in [2.05, 4.69) is 36.6 Å². The van der Waals surface area contributed by atoms with Crippen molar-refractivity contribution in [1.29, 1.82) is 0 Å². The molecule has 1 aliphatic heterocycles. The van der Waals surface area contributed by atoms with Crippen LogP contribution in [0.25, 0.3) is 11.0 Å². The van der Waals surface area contributed by atoms with E-state index in [1.165, 1.54) is 11.9 Å². The third-order valence-electron chi connectivity index (χ3n) is 4.83. The van der Waals surface area contributed by atoms with Crippen LogP contribution >= 0.6 is 0 Å². The smallest absolute Gasteiger partial charge is 0.226 e. The number of aryl methyl sites for hydroxylation is 1. The van der Waals surface area contributed by atoms with Gasteiger partial charge in [0.2, 0.25) is 11.9 Å². The van der Waals surface area contributed by atoms with Gasteiger partial charge in [0, 0.05) is 31.7 Å².